The van der Waals surface area contributed by atoms with Crippen LogP contribution in [0.25, 0.3) is 0 Å². The van der Waals surface area contributed by atoms with Crippen molar-refractivity contribution in [3.05, 3.63) is 59.8 Å². The molecule has 5 rings (SSSR count). The number of methoxy groups -OCH3 is 1. The zero-order valence-electron chi connectivity index (χ0n) is 26.1. The molecule has 5 atom stereocenters. The van der Waals surface area contributed by atoms with E-state index in [4.69, 9.17) is 25.9 Å². The fourth-order valence-electron chi connectivity index (χ4n) is 6.65. The maximum absolute atomic E-state index is 14.6. The minimum absolute atomic E-state index is 0.0624. The van der Waals surface area contributed by atoms with E-state index in [1.54, 1.807) is 26.0 Å². The van der Waals surface area contributed by atoms with Crippen LogP contribution in [0.1, 0.15) is 57.9 Å². The molecule has 4 aliphatic rings. The first-order chi connectivity index (χ1) is 21.3. The molecule has 3 heterocycles. The van der Waals surface area contributed by atoms with Crippen molar-refractivity contribution >= 4 is 35.1 Å². The highest BCUT2D eigenvalue weighted by Gasteiger charge is 2.62. The van der Waals surface area contributed by atoms with Crippen molar-refractivity contribution in [2.75, 3.05) is 26.9 Å². The number of hydrogen-bond acceptors (Lipinski definition) is 8. The molecule has 45 heavy (non-hydrogen) atoms. The Hall–Kier alpha value is -3.41. The van der Waals surface area contributed by atoms with Crippen molar-refractivity contribution < 1.29 is 33.8 Å². The molecule has 244 valence electrons. The molecule has 0 radical (unpaired) electrons. The van der Waals surface area contributed by atoms with Gasteiger partial charge in [-0.25, -0.2) is 4.79 Å². The summed E-state index contributed by atoms with van der Waals surface area (Å²) in [5.74, 6) is -2.12. The Morgan fingerprint density at radius 3 is 2.64 bits per heavy atom. The molecule has 0 bridgehead atoms. The van der Waals surface area contributed by atoms with E-state index in [-0.39, 0.29) is 25.3 Å². The third kappa shape index (κ3) is 6.76. The summed E-state index contributed by atoms with van der Waals surface area (Å²) in [6.45, 7) is 13.0. The van der Waals surface area contributed by atoms with Crippen LogP contribution in [-0.2, 0) is 28.7 Å². The number of allylic oxidation sites excluding steroid dienone is 1. The highest BCUT2D eigenvalue weighted by atomic mass is 35.5. The number of carbonyl (C=O) groups excluding carboxylic acids is 2. The van der Waals surface area contributed by atoms with Crippen molar-refractivity contribution in [2.45, 2.75) is 81.2 Å². The lowest BCUT2D eigenvalue weighted by Crippen LogP contribution is -2.61. The van der Waals surface area contributed by atoms with Crippen LogP contribution >= 0.6 is 11.6 Å². The van der Waals surface area contributed by atoms with Crippen LogP contribution in [0.15, 0.2) is 54.4 Å². The van der Waals surface area contributed by atoms with Crippen LogP contribution in [0.3, 0.4) is 0 Å². The van der Waals surface area contributed by atoms with Gasteiger partial charge in [-0.1, -0.05) is 41.5 Å². The first-order valence-corrected chi connectivity index (χ1v) is 15.8. The monoisotopic (exact) mass is 642 g/mol. The molecule has 12 heteroatoms. The number of carbonyl (C=O) groups is 3. The smallest absolute Gasteiger partial charge is 0.330 e. The number of ether oxygens (including phenoxy) is 2. The fraction of sp³-hybridized carbons (Fsp3) is 0.576. The lowest BCUT2D eigenvalue weighted by molar-refractivity contribution is -0.148. The van der Waals surface area contributed by atoms with Gasteiger partial charge in [0.15, 0.2) is 5.60 Å². The summed E-state index contributed by atoms with van der Waals surface area (Å²) in [7, 11) is 1.53. The molecule has 0 unspecified atom stereocenters. The Morgan fingerprint density at radius 1 is 1.29 bits per heavy atom. The zero-order chi connectivity index (χ0) is 32.6. The van der Waals surface area contributed by atoms with E-state index in [1.807, 2.05) is 12.1 Å². The second kappa shape index (κ2) is 12.8. The van der Waals surface area contributed by atoms with Crippen LogP contribution in [0.2, 0.25) is 5.02 Å². The Balaban J connectivity index is 1.41. The average molecular weight is 643 g/mol. The lowest BCUT2D eigenvalue weighted by atomic mass is 9.91. The van der Waals surface area contributed by atoms with Crippen molar-refractivity contribution in [3.8, 4) is 0 Å². The highest BCUT2D eigenvalue weighted by molar-refractivity contribution is 6.31. The molecule has 3 N–H and O–H groups in total. The number of carboxylic acid groups (broad SMARTS) is 1. The van der Waals surface area contributed by atoms with E-state index in [0.717, 1.165) is 18.4 Å². The molecule has 1 spiro atoms. The predicted octanol–water partition coefficient (Wildman–Crippen LogP) is 3.66. The third-order valence-corrected chi connectivity index (χ3v) is 9.94. The van der Waals surface area contributed by atoms with Gasteiger partial charge in [0.25, 0.3) is 0 Å². The van der Waals surface area contributed by atoms with Gasteiger partial charge in [0, 0.05) is 55.4 Å². The first kappa shape index (κ1) is 33.0. The molecule has 3 fully saturated rings. The van der Waals surface area contributed by atoms with Crippen LogP contribution in [0.4, 0.5) is 0 Å². The van der Waals surface area contributed by atoms with Gasteiger partial charge in [-0.3, -0.25) is 9.59 Å². The number of hydrogen-bond donors (Lipinski definition) is 3. The minimum atomic E-state index is -1.45. The standard InChI is InChI=1S/C33H43ClN4O7/c1-6-23-16-33(23,30(41)42)36-28(39)26-18-32(17-25(37-45-32)22-8-7-9-24(34)15-22)19-38(26)29(40)27(31(3,4)43-5)35-20(2)14-21-10-12-44-13-11-21/h6-9,15,21,23,26-27,35H,1-2,10-14,16-19H2,3-5H3,(H,36,39)(H,41,42)/t23-,26+,27-,32-,33-/m1/s1. The largest absolute Gasteiger partial charge is 0.479 e. The summed E-state index contributed by atoms with van der Waals surface area (Å²) in [5, 5.41) is 21.0. The van der Waals surface area contributed by atoms with Gasteiger partial charge in [0.2, 0.25) is 11.8 Å². The fourth-order valence-corrected chi connectivity index (χ4v) is 6.84. The molecular weight excluding hydrogens is 600 g/mol. The second-order valence-corrected chi connectivity index (χ2v) is 13.7. The molecule has 2 saturated heterocycles. The van der Waals surface area contributed by atoms with Gasteiger partial charge in [0.05, 0.1) is 17.9 Å². The molecule has 11 nitrogen and oxygen atoms in total. The lowest BCUT2D eigenvalue weighted by Gasteiger charge is -2.38. The van der Waals surface area contributed by atoms with E-state index in [0.29, 0.717) is 48.4 Å². The summed E-state index contributed by atoms with van der Waals surface area (Å²) >= 11 is 6.23. The molecule has 1 aromatic rings. The number of likely N-dealkylation sites (tertiary alicyclic amines) is 1. The average Bonchev–Trinajstić information content (AvgIpc) is 3.38. The maximum Gasteiger partial charge on any atom is 0.330 e. The van der Waals surface area contributed by atoms with Gasteiger partial charge in [-0.15, -0.1) is 6.58 Å². The van der Waals surface area contributed by atoms with Crippen molar-refractivity contribution in [1.29, 1.82) is 0 Å². The van der Waals surface area contributed by atoms with E-state index in [1.165, 1.54) is 18.1 Å². The van der Waals surface area contributed by atoms with Gasteiger partial charge in [-0.2, -0.15) is 0 Å². The first-order valence-electron chi connectivity index (χ1n) is 15.4. The molecule has 2 amide bonds. The van der Waals surface area contributed by atoms with Crippen LogP contribution in [0.5, 0.6) is 0 Å². The number of carboxylic acids is 1. The summed E-state index contributed by atoms with van der Waals surface area (Å²) in [6.07, 6.45) is 4.71. The Bertz CT molecular complexity index is 1390. The molecule has 1 saturated carbocycles. The molecule has 0 aromatic heterocycles. The van der Waals surface area contributed by atoms with Gasteiger partial charge in [0.1, 0.15) is 17.6 Å². The quantitative estimate of drug-likeness (QED) is 0.294. The van der Waals surface area contributed by atoms with E-state index in [9.17, 15) is 19.5 Å². The molecule has 1 aliphatic carbocycles. The molecular formula is C33H43ClN4O7. The SMILES string of the molecule is C=C[C@@H]1C[C@]1(NC(=O)[C@@H]1C[C@]2(CC(c3cccc(Cl)c3)=NO2)CN1C(=O)[C@@H](NC(=C)CC1CCOCC1)C(C)(C)OC)C(=O)O. The number of aliphatic carboxylic acids is 1. The summed E-state index contributed by atoms with van der Waals surface area (Å²) in [6, 6.07) is 5.33. The van der Waals surface area contributed by atoms with Crippen molar-refractivity contribution in [3.63, 3.8) is 0 Å². The Labute approximate surface area is 269 Å². The highest BCUT2D eigenvalue weighted by Crippen LogP contribution is 2.46. The topological polar surface area (TPSA) is 139 Å². The van der Waals surface area contributed by atoms with Crippen LogP contribution < -0.4 is 10.6 Å². The number of rotatable bonds is 12. The van der Waals surface area contributed by atoms with E-state index < -0.39 is 46.6 Å². The van der Waals surface area contributed by atoms with Crippen LogP contribution in [0, 0.1) is 11.8 Å². The minimum Gasteiger partial charge on any atom is -0.479 e. The van der Waals surface area contributed by atoms with E-state index in [2.05, 4.69) is 28.9 Å². The summed E-state index contributed by atoms with van der Waals surface area (Å²) in [5.41, 5.74) is -1.30. The second-order valence-electron chi connectivity index (χ2n) is 13.2. The molecule has 1 aromatic carbocycles. The third-order valence-electron chi connectivity index (χ3n) is 9.70. The van der Waals surface area contributed by atoms with Gasteiger partial charge < -0.3 is 35.0 Å². The maximum atomic E-state index is 14.6. The van der Waals surface area contributed by atoms with Crippen LogP contribution in [-0.4, -0.2) is 89.2 Å². The summed E-state index contributed by atoms with van der Waals surface area (Å²) < 4.78 is 11.3. The number of halogens is 1. The zero-order valence-corrected chi connectivity index (χ0v) is 26.9. The Kier molecular flexibility index (Phi) is 9.35. The number of benzene rings is 1. The van der Waals surface area contributed by atoms with Gasteiger partial charge >= 0.3 is 5.97 Å². The number of amides is 2. The van der Waals surface area contributed by atoms with Crippen molar-refractivity contribution in [2.24, 2.45) is 17.0 Å². The normalized spacial score (nSPS) is 28.6. The summed E-state index contributed by atoms with van der Waals surface area (Å²) in [4.78, 5) is 48.2. The van der Waals surface area contributed by atoms with Gasteiger partial charge in [-0.05, 0) is 57.6 Å². The van der Waals surface area contributed by atoms with Crippen molar-refractivity contribution in [1.82, 2.24) is 15.5 Å². The Morgan fingerprint density at radius 2 is 2.02 bits per heavy atom. The predicted molar refractivity (Wildman–Crippen MR) is 169 cm³/mol. The van der Waals surface area contributed by atoms with E-state index >= 15 is 0 Å². The number of oxime groups is 1. The molecule has 3 aliphatic heterocycles. The number of nitrogens with zero attached hydrogens (tertiary/aromatic N) is 2. The number of nitrogens with one attached hydrogen (secondary N) is 2.